The summed E-state index contributed by atoms with van der Waals surface area (Å²) in [4.78, 5) is 10.7. The van der Waals surface area contributed by atoms with Gasteiger partial charge in [-0.15, -0.1) is 0 Å². The minimum absolute atomic E-state index is 0.0743. The van der Waals surface area contributed by atoms with Crippen LogP contribution in [0.1, 0.15) is 22.2 Å². The fraction of sp³-hybridized carbons (Fsp3) is 0.500. The van der Waals surface area contributed by atoms with Gasteiger partial charge in [-0.1, -0.05) is 0 Å². The minimum Gasteiger partial charge on any atom is -0.477 e. The van der Waals surface area contributed by atoms with Crippen molar-refractivity contribution in [3.05, 3.63) is 17.5 Å². The fourth-order valence-electron chi connectivity index (χ4n) is 1.22. The minimum atomic E-state index is -1.28. The summed E-state index contributed by atoms with van der Waals surface area (Å²) in [6, 6.07) is 0. The highest BCUT2D eigenvalue weighted by molar-refractivity contribution is 5.87. The zero-order chi connectivity index (χ0) is 11.4. The highest BCUT2D eigenvalue weighted by atomic mass is 16.4. The van der Waals surface area contributed by atoms with Gasteiger partial charge in [-0.25, -0.2) is 4.79 Å². The van der Waals surface area contributed by atoms with Gasteiger partial charge in [-0.2, -0.15) is 5.10 Å². The molecule has 0 aliphatic heterocycles. The smallest absolute Gasteiger partial charge is 0.354 e. The lowest BCUT2D eigenvalue weighted by Gasteiger charge is -2.16. The van der Waals surface area contributed by atoms with E-state index in [1.807, 2.05) is 0 Å². The fourth-order valence-corrected chi connectivity index (χ4v) is 1.22. The van der Waals surface area contributed by atoms with Crippen LogP contribution in [-0.4, -0.2) is 51.2 Å². The first kappa shape index (κ1) is 11.6. The first-order chi connectivity index (χ1) is 7.07. The van der Waals surface area contributed by atoms with Crippen molar-refractivity contribution in [2.75, 3.05) is 13.6 Å². The molecule has 0 saturated carbocycles. The Balaban J connectivity index is 2.85. The molecular formula is C8H13N3O4. The first-order valence-corrected chi connectivity index (χ1v) is 4.35. The van der Waals surface area contributed by atoms with Gasteiger partial charge in [-0.05, 0) is 7.05 Å². The highest BCUT2D eigenvalue weighted by Crippen LogP contribution is 2.18. The van der Waals surface area contributed by atoms with Crippen molar-refractivity contribution in [2.45, 2.75) is 12.2 Å². The van der Waals surface area contributed by atoms with Crippen molar-refractivity contribution < 1.29 is 20.1 Å². The van der Waals surface area contributed by atoms with Crippen LogP contribution < -0.4 is 5.32 Å². The summed E-state index contributed by atoms with van der Waals surface area (Å²) >= 11 is 0. The molecule has 2 atom stereocenters. The quantitative estimate of drug-likeness (QED) is 0.417. The van der Waals surface area contributed by atoms with Gasteiger partial charge in [0.25, 0.3) is 0 Å². The summed E-state index contributed by atoms with van der Waals surface area (Å²) in [5.74, 6) is -1.22. The molecule has 2 unspecified atom stereocenters. The van der Waals surface area contributed by atoms with Crippen molar-refractivity contribution in [2.24, 2.45) is 0 Å². The molecule has 7 heteroatoms. The maximum atomic E-state index is 10.7. The van der Waals surface area contributed by atoms with E-state index in [4.69, 9.17) is 5.11 Å². The van der Waals surface area contributed by atoms with Crippen molar-refractivity contribution >= 4 is 5.97 Å². The Morgan fingerprint density at radius 3 is 2.87 bits per heavy atom. The highest BCUT2D eigenvalue weighted by Gasteiger charge is 2.24. The largest absolute Gasteiger partial charge is 0.477 e. The zero-order valence-electron chi connectivity index (χ0n) is 8.14. The van der Waals surface area contributed by atoms with Gasteiger partial charge in [0.05, 0.1) is 12.3 Å². The lowest BCUT2D eigenvalue weighted by atomic mass is 10.1. The number of H-pyrrole nitrogens is 1. The van der Waals surface area contributed by atoms with Gasteiger partial charge in [0, 0.05) is 12.1 Å². The van der Waals surface area contributed by atoms with E-state index < -0.39 is 18.2 Å². The molecular weight excluding hydrogens is 202 g/mol. The number of carboxylic acid groups (broad SMARTS) is 1. The average Bonchev–Trinajstić information content (AvgIpc) is 2.65. The van der Waals surface area contributed by atoms with E-state index in [1.165, 1.54) is 6.20 Å². The number of rotatable bonds is 5. The lowest BCUT2D eigenvalue weighted by molar-refractivity contribution is 0.0192. The number of likely N-dealkylation sites (N-methyl/N-ethyl adjacent to an activating group) is 1. The van der Waals surface area contributed by atoms with E-state index >= 15 is 0 Å². The molecule has 1 aromatic rings. The third kappa shape index (κ3) is 2.52. The molecule has 1 aromatic heterocycles. The SMILES string of the molecule is CNCC(O)C(O)c1cn[nH]c1C(=O)O. The van der Waals surface area contributed by atoms with Crippen LogP contribution in [0.25, 0.3) is 0 Å². The van der Waals surface area contributed by atoms with Crippen LogP contribution in [0.3, 0.4) is 0 Å². The van der Waals surface area contributed by atoms with Crippen molar-refractivity contribution in [3.8, 4) is 0 Å². The molecule has 0 amide bonds. The lowest BCUT2D eigenvalue weighted by Crippen LogP contribution is -2.30. The molecule has 84 valence electrons. The maximum absolute atomic E-state index is 10.7. The van der Waals surface area contributed by atoms with Crippen LogP contribution in [0.15, 0.2) is 6.20 Å². The summed E-state index contributed by atoms with van der Waals surface area (Å²) in [6.07, 6.45) is -1.17. The Hall–Kier alpha value is -1.44. The molecule has 0 fully saturated rings. The Labute approximate surface area is 85.7 Å². The van der Waals surface area contributed by atoms with Crippen LogP contribution in [-0.2, 0) is 0 Å². The predicted octanol–water partition coefficient (Wildman–Crippen LogP) is -1.28. The second kappa shape index (κ2) is 4.87. The van der Waals surface area contributed by atoms with Crippen LogP contribution in [0.5, 0.6) is 0 Å². The number of aromatic carboxylic acids is 1. The molecule has 0 aliphatic carbocycles. The molecule has 0 spiro atoms. The summed E-state index contributed by atoms with van der Waals surface area (Å²) in [7, 11) is 1.61. The number of nitrogens with one attached hydrogen (secondary N) is 2. The molecule has 0 radical (unpaired) electrons. The summed E-state index contributed by atoms with van der Waals surface area (Å²) in [5, 5.41) is 36.2. The molecule has 7 nitrogen and oxygen atoms in total. The van der Waals surface area contributed by atoms with Gasteiger partial charge >= 0.3 is 5.97 Å². The first-order valence-electron chi connectivity index (χ1n) is 4.35. The molecule has 15 heavy (non-hydrogen) atoms. The zero-order valence-corrected chi connectivity index (χ0v) is 8.14. The number of hydrogen-bond donors (Lipinski definition) is 5. The van der Waals surface area contributed by atoms with Crippen LogP contribution in [0.2, 0.25) is 0 Å². The van der Waals surface area contributed by atoms with E-state index in [-0.39, 0.29) is 17.8 Å². The number of carbonyl (C=O) groups is 1. The standard InChI is InChI=1S/C8H13N3O4/c1-9-3-5(12)7(13)4-2-10-11-6(4)8(14)15/h2,5,7,9,12-13H,3H2,1H3,(H,10,11)(H,14,15). The molecule has 1 heterocycles. The number of hydrogen-bond acceptors (Lipinski definition) is 5. The second-order valence-corrected chi connectivity index (χ2v) is 3.08. The summed E-state index contributed by atoms with van der Waals surface area (Å²) < 4.78 is 0. The van der Waals surface area contributed by atoms with Crippen LogP contribution in [0, 0.1) is 0 Å². The summed E-state index contributed by atoms with van der Waals surface area (Å²) in [6.45, 7) is 0.158. The van der Waals surface area contributed by atoms with Crippen molar-refractivity contribution in [1.29, 1.82) is 0 Å². The van der Waals surface area contributed by atoms with Gasteiger partial charge in [0.1, 0.15) is 11.8 Å². The average molecular weight is 215 g/mol. The number of carboxylic acids is 1. The van der Waals surface area contributed by atoms with Crippen molar-refractivity contribution in [1.82, 2.24) is 15.5 Å². The number of aromatic amines is 1. The molecule has 0 saturated heterocycles. The normalized spacial score (nSPS) is 14.9. The van der Waals surface area contributed by atoms with Crippen LogP contribution in [0.4, 0.5) is 0 Å². The molecule has 1 rings (SSSR count). The second-order valence-electron chi connectivity index (χ2n) is 3.08. The van der Waals surface area contributed by atoms with Crippen LogP contribution >= 0.6 is 0 Å². The predicted molar refractivity (Wildman–Crippen MR) is 50.4 cm³/mol. The Kier molecular flexibility index (Phi) is 3.78. The molecule has 0 aliphatic rings. The number of aromatic nitrogens is 2. The number of aliphatic hydroxyl groups is 2. The topological polar surface area (TPSA) is 118 Å². The third-order valence-electron chi connectivity index (χ3n) is 1.98. The van der Waals surface area contributed by atoms with Gasteiger partial charge < -0.3 is 20.6 Å². The molecule has 5 N–H and O–H groups in total. The van der Waals surface area contributed by atoms with E-state index in [0.717, 1.165) is 0 Å². The molecule has 0 aromatic carbocycles. The van der Waals surface area contributed by atoms with Crippen molar-refractivity contribution in [3.63, 3.8) is 0 Å². The Morgan fingerprint density at radius 2 is 2.33 bits per heavy atom. The number of nitrogens with zero attached hydrogens (tertiary/aromatic N) is 1. The van der Waals surface area contributed by atoms with E-state index in [1.54, 1.807) is 7.05 Å². The summed E-state index contributed by atoms with van der Waals surface area (Å²) in [5.41, 5.74) is -0.136. The van der Waals surface area contributed by atoms with E-state index in [9.17, 15) is 15.0 Å². The number of aliphatic hydroxyl groups excluding tert-OH is 2. The Bertz CT molecular complexity index is 338. The Morgan fingerprint density at radius 1 is 1.67 bits per heavy atom. The van der Waals surface area contributed by atoms with Gasteiger partial charge in [0.2, 0.25) is 0 Å². The monoisotopic (exact) mass is 215 g/mol. The van der Waals surface area contributed by atoms with Gasteiger partial charge in [0.15, 0.2) is 0 Å². The van der Waals surface area contributed by atoms with Gasteiger partial charge in [-0.3, -0.25) is 5.10 Å². The molecule has 0 bridgehead atoms. The maximum Gasteiger partial charge on any atom is 0.354 e. The third-order valence-corrected chi connectivity index (χ3v) is 1.98. The van der Waals surface area contributed by atoms with E-state index in [2.05, 4.69) is 15.5 Å². The van der Waals surface area contributed by atoms with E-state index in [0.29, 0.717) is 0 Å².